The van der Waals surface area contributed by atoms with Crippen molar-refractivity contribution >= 4 is 0 Å². The molecule has 2 saturated heterocycles. The number of piperidine rings is 1. The Hall–Kier alpha value is -1.88. The number of rotatable bonds is 6. The highest BCUT2D eigenvalue weighted by Gasteiger charge is 2.18. The molecule has 0 bridgehead atoms. The SMILES string of the molecule is c1cc(OCCN2CCCCC2)cc(-c2cccc(C3OCCO3)c2)c1. The van der Waals surface area contributed by atoms with Crippen LogP contribution in [-0.2, 0) is 9.47 Å². The summed E-state index contributed by atoms with van der Waals surface area (Å²) < 4.78 is 17.2. The highest BCUT2D eigenvalue weighted by Crippen LogP contribution is 2.29. The molecule has 0 saturated carbocycles. The third-order valence-electron chi connectivity index (χ3n) is 5.07. The van der Waals surface area contributed by atoms with Crippen LogP contribution in [-0.4, -0.2) is 44.4 Å². The Bertz CT molecular complexity index is 706. The first kappa shape index (κ1) is 17.5. The first-order valence-corrected chi connectivity index (χ1v) is 9.67. The van der Waals surface area contributed by atoms with Gasteiger partial charge in [0.15, 0.2) is 6.29 Å². The summed E-state index contributed by atoms with van der Waals surface area (Å²) in [7, 11) is 0. The van der Waals surface area contributed by atoms with E-state index in [9.17, 15) is 0 Å². The van der Waals surface area contributed by atoms with Crippen LogP contribution in [0.2, 0.25) is 0 Å². The topological polar surface area (TPSA) is 30.9 Å². The van der Waals surface area contributed by atoms with Crippen LogP contribution in [0.15, 0.2) is 48.5 Å². The number of likely N-dealkylation sites (tertiary alicyclic amines) is 1. The van der Waals surface area contributed by atoms with E-state index in [4.69, 9.17) is 14.2 Å². The van der Waals surface area contributed by atoms with Crippen molar-refractivity contribution in [2.45, 2.75) is 25.6 Å². The van der Waals surface area contributed by atoms with E-state index >= 15 is 0 Å². The molecule has 4 nitrogen and oxygen atoms in total. The van der Waals surface area contributed by atoms with Gasteiger partial charge in [0.05, 0.1) is 13.2 Å². The fraction of sp³-hybridized carbons (Fsp3) is 0.455. The van der Waals surface area contributed by atoms with Crippen LogP contribution < -0.4 is 4.74 Å². The summed E-state index contributed by atoms with van der Waals surface area (Å²) in [4.78, 5) is 2.50. The normalized spacial score (nSPS) is 18.9. The van der Waals surface area contributed by atoms with E-state index in [1.54, 1.807) is 0 Å². The minimum Gasteiger partial charge on any atom is -0.492 e. The summed E-state index contributed by atoms with van der Waals surface area (Å²) in [6, 6.07) is 16.7. The quantitative estimate of drug-likeness (QED) is 0.776. The second-order valence-corrected chi connectivity index (χ2v) is 6.98. The minimum absolute atomic E-state index is 0.237. The van der Waals surface area contributed by atoms with Crippen molar-refractivity contribution in [3.8, 4) is 16.9 Å². The van der Waals surface area contributed by atoms with Crippen LogP contribution in [0.3, 0.4) is 0 Å². The molecule has 0 aromatic heterocycles. The van der Waals surface area contributed by atoms with Crippen LogP contribution >= 0.6 is 0 Å². The van der Waals surface area contributed by atoms with Crippen molar-refractivity contribution in [1.82, 2.24) is 4.90 Å². The molecule has 26 heavy (non-hydrogen) atoms. The van der Waals surface area contributed by atoms with Gasteiger partial charge in [0, 0.05) is 12.1 Å². The lowest BCUT2D eigenvalue weighted by Crippen LogP contribution is -2.33. The lowest BCUT2D eigenvalue weighted by Gasteiger charge is -2.26. The summed E-state index contributed by atoms with van der Waals surface area (Å²) >= 11 is 0. The first-order chi connectivity index (χ1) is 12.9. The molecular formula is C22H27NO3. The summed E-state index contributed by atoms with van der Waals surface area (Å²) in [5, 5.41) is 0. The van der Waals surface area contributed by atoms with E-state index in [1.807, 2.05) is 6.07 Å². The summed E-state index contributed by atoms with van der Waals surface area (Å²) in [5.41, 5.74) is 3.37. The van der Waals surface area contributed by atoms with Crippen molar-refractivity contribution < 1.29 is 14.2 Å². The molecule has 2 aliphatic rings. The first-order valence-electron chi connectivity index (χ1n) is 9.67. The van der Waals surface area contributed by atoms with Crippen LogP contribution in [0.5, 0.6) is 5.75 Å². The smallest absolute Gasteiger partial charge is 0.184 e. The van der Waals surface area contributed by atoms with Gasteiger partial charge in [-0.2, -0.15) is 0 Å². The average molecular weight is 353 g/mol. The Kier molecular flexibility index (Phi) is 5.85. The van der Waals surface area contributed by atoms with Gasteiger partial charge in [0.25, 0.3) is 0 Å². The second-order valence-electron chi connectivity index (χ2n) is 6.98. The second kappa shape index (κ2) is 8.67. The zero-order valence-corrected chi connectivity index (χ0v) is 15.2. The molecule has 2 fully saturated rings. The number of ether oxygens (including phenoxy) is 3. The summed E-state index contributed by atoms with van der Waals surface area (Å²) in [6.07, 6.45) is 3.77. The van der Waals surface area contributed by atoms with E-state index in [2.05, 4.69) is 47.4 Å². The zero-order chi connectivity index (χ0) is 17.6. The summed E-state index contributed by atoms with van der Waals surface area (Å²) in [5.74, 6) is 0.929. The molecule has 2 aliphatic heterocycles. The third-order valence-corrected chi connectivity index (χ3v) is 5.07. The predicted octanol–water partition coefficient (Wildman–Crippen LogP) is 4.26. The number of hydrogen-bond acceptors (Lipinski definition) is 4. The molecule has 0 amide bonds. The standard InChI is InChI=1S/C22H27NO3/c1-2-10-23(11-3-1)12-13-24-21-9-5-7-19(17-21)18-6-4-8-20(16-18)22-25-14-15-26-22/h4-9,16-17,22H,1-3,10-15H2. The Morgan fingerprint density at radius 2 is 1.62 bits per heavy atom. The Morgan fingerprint density at radius 3 is 2.42 bits per heavy atom. The molecule has 0 atom stereocenters. The molecule has 4 heteroatoms. The van der Waals surface area contributed by atoms with E-state index in [-0.39, 0.29) is 6.29 Å². The molecule has 138 valence electrons. The van der Waals surface area contributed by atoms with E-state index in [0.717, 1.165) is 35.6 Å². The fourth-order valence-electron chi connectivity index (χ4n) is 3.66. The molecule has 2 aromatic carbocycles. The Morgan fingerprint density at radius 1 is 0.885 bits per heavy atom. The van der Waals surface area contributed by atoms with Gasteiger partial charge in [0.2, 0.25) is 0 Å². The largest absolute Gasteiger partial charge is 0.492 e. The molecule has 0 spiro atoms. The molecule has 0 aliphatic carbocycles. The molecule has 0 radical (unpaired) electrons. The number of nitrogens with zero attached hydrogens (tertiary/aromatic N) is 1. The predicted molar refractivity (Wildman–Crippen MR) is 102 cm³/mol. The lowest BCUT2D eigenvalue weighted by atomic mass is 10.0. The van der Waals surface area contributed by atoms with Crippen molar-refractivity contribution in [3.05, 3.63) is 54.1 Å². The molecule has 4 rings (SSSR count). The van der Waals surface area contributed by atoms with Crippen molar-refractivity contribution in [2.75, 3.05) is 39.5 Å². The van der Waals surface area contributed by atoms with E-state index < -0.39 is 0 Å². The molecule has 0 unspecified atom stereocenters. The highest BCUT2D eigenvalue weighted by atomic mass is 16.7. The fourth-order valence-corrected chi connectivity index (χ4v) is 3.66. The number of hydrogen-bond donors (Lipinski definition) is 0. The maximum absolute atomic E-state index is 6.01. The van der Waals surface area contributed by atoms with Gasteiger partial charge in [-0.25, -0.2) is 0 Å². The van der Waals surface area contributed by atoms with E-state index in [1.165, 1.54) is 32.4 Å². The summed E-state index contributed by atoms with van der Waals surface area (Å²) in [6.45, 7) is 5.50. The molecule has 0 N–H and O–H groups in total. The van der Waals surface area contributed by atoms with Crippen LogP contribution in [0.4, 0.5) is 0 Å². The lowest BCUT2D eigenvalue weighted by molar-refractivity contribution is -0.0440. The van der Waals surface area contributed by atoms with E-state index in [0.29, 0.717) is 13.2 Å². The molecular weight excluding hydrogens is 326 g/mol. The van der Waals surface area contributed by atoms with Gasteiger partial charge in [0.1, 0.15) is 12.4 Å². The Balaban J connectivity index is 1.39. The Labute approximate surface area is 155 Å². The van der Waals surface area contributed by atoms with Crippen LogP contribution in [0, 0.1) is 0 Å². The van der Waals surface area contributed by atoms with Gasteiger partial charge in [-0.15, -0.1) is 0 Å². The zero-order valence-electron chi connectivity index (χ0n) is 15.2. The van der Waals surface area contributed by atoms with Gasteiger partial charge in [-0.1, -0.05) is 36.8 Å². The number of benzene rings is 2. The maximum Gasteiger partial charge on any atom is 0.184 e. The van der Waals surface area contributed by atoms with Crippen molar-refractivity contribution in [3.63, 3.8) is 0 Å². The third kappa shape index (κ3) is 4.44. The van der Waals surface area contributed by atoms with Gasteiger partial charge in [-0.05, 0) is 55.3 Å². The highest BCUT2D eigenvalue weighted by molar-refractivity contribution is 5.65. The molecule has 2 heterocycles. The molecule has 2 aromatic rings. The average Bonchev–Trinajstić information content (AvgIpc) is 3.24. The van der Waals surface area contributed by atoms with Gasteiger partial charge in [-0.3, -0.25) is 4.90 Å². The van der Waals surface area contributed by atoms with Crippen molar-refractivity contribution in [1.29, 1.82) is 0 Å². The van der Waals surface area contributed by atoms with Gasteiger partial charge >= 0.3 is 0 Å². The van der Waals surface area contributed by atoms with Crippen LogP contribution in [0.25, 0.3) is 11.1 Å². The van der Waals surface area contributed by atoms with Crippen LogP contribution in [0.1, 0.15) is 31.1 Å². The van der Waals surface area contributed by atoms with Gasteiger partial charge < -0.3 is 14.2 Å². The maximum atomic E-state index is 6.01. The minimum atomic E-state index is -0.237. The monoisotopic (exact) mass is 353 g/mol. The van der Waals surface area contributed by atoms with Crippen molar-refractivity contribution in [2.24, 2.45) is 0 Å².